The highest BCUT2D eigenvalue weighted by atomic mass is 35.5. The van der Waals surface area contributed by atoms with Crippen molar-refractivity contribution in [2.24, 2.45) is 11.3 Å². The summed E-state index contributed by atoms with van der Waals surface area (Å²) in [6.07, 6.45) is 4.82. The van der Waals surface area contributed by atoms with E-state index >= 15 is 0 Å². The van der Waals surface area contributed by atoms with Gasteiger partial charge in [-0.1, -0.05) is 34.8 Å². The lowest BCUT2D eigenvalue weighted by molar-refractivity contribution is 0.143. The molecule has 20 heavy (non-hydrogen) atoms. The SMILES string of the molecule is OC(CNCC1CC2(CC2)C1)c1c(Cl)cc(Cl)cc1Cl. The zero-order valence-corrected chi connectivity index (χ0v) is 13.4. The molecule has 3 rings (SSSR count). The molecule has 2 aliphatic carbocycles. The molecule has 2 aliphatic rings. The van der Waals surface area contributed by atoms with Crippen molar-refractivity contribution in [2.45, 2.75) is 31.8 Å². The van der Waals surface area contributed by atoms with Gasteiger partial charge in [0.05, 0.1) is 6.10 Å². The molecule has 2 fully saturated rings. The fourth-order valence-electron chi connectivity index (χ4n) is 3.29. The summed E-state index contributed by atoms with van der Waals surface area (Å²) in [7, 11) is 0. The van der Waals surface area contributed by atoms with E-state index in [4.69, 9.17) is 34.8 Å². The molecule has 1 unspecified atom stereocenters. The predicted octanol–water partition coefficient (Wildman–Crippen LogP) is 4.46. The Morgan fingerprint density at radius 3 is 2.35 bits per heavy atom. The van der Waals surface area contributed by atoms with Crippen molar-refractivity contribution in [3.8, 4) is 0 Å². The van der Waals surface area contributed by atoms with E-state index in [0.717, 1.165) is 17.9 Å². The highest BCUT2D eigenvalue weighted by Crippen LogP contribution is 2.63. The van der Waals surface area contributed by atoms with Gasteiger partial charge in [0.2, 0.25) is 0 Å². The molecule has 5 heteroatoms. The lowest BCUT2D eigenvalue weighted by Gasteiger charge is -2.36. The van der Waals surface area contributed by atoms with Gasteiger partial charge in [0, 0.05) is 27.2 Å². The molecular weight excluding hydrogens is 317 g/mol. The number of benzene rings is 1. The van der Waals surface area contributed by atoms with Crippen LogP contribution in [0.15, 0.2) is 12.1 Å². The average molecular weight is 335 g/mol. The summed E-state index contributed by atoms with van der Waals surface area (Å²) in [6, 6.07) is 3.21. The first-order chi connectivity index (χ1) is 9.49. The van der Waals surface area contributed by atoms with Gasteiger partial charge in [-0.05, 0) is 55.7 Å². The van der Waals surface area contributed by atoms with Crippen molar-refractivity contribution in [2.75, 3.05) is 13.1 Å². The summed E-state index contributed by atoms with van der Waals surface area (Å²) in [6.45, 7) is 1.42. The van der Waals surface area contributed by atoms with Crippen LogP contribution in [0.3, 0.4) is 0 Å². The zero-order chi connectivity index (χ0) is 14.3. The predicted molar refractivity (Wildman–Crippen MR) is 83.7 cm³/mol. The van der Waals surface area contributed by atoms with Crippen LogP contribution in [0.2, 0.25) is 15.1 Å². The van der Waals surface area contributed by atoms with Gasteiger partial charge in [-0.25, -0.2) is 0 Å². The van der Waals surface area contributed by atoms with Gasteiger partial charge in [0.1, 0.15) is 0 Å². The van der Waals surface area contributed by atoms with Crippen molar-refractivity contribution < 1.29 is 5.11 Å². The molecule has 110 valence electrons. The Hall–Kier alpha value is 0.01000. The van der Waals surface area contributed by atoms with Gasteiger partial charge < -0.3 is 10.4 Å². The van der Waals surface area contributed by atoms with Crippen LogP contribution in [0.25, 0.3) is 0 Å². The molecule has 1 aromatic rings. The van der Waals surface area contributed by atoms with Gasteiger partial charge in [-0.2, -0.15) is 0 Å². The van der Waals surface area contributed by atoms with Crippen molar-refractivity contribution in [1.29, 1.82) is 0 Å². The molecule has 1 atom stereocenters. The number of aliphatic hydroxyl groups excluding tert-OH is 1. The Bertz CT molecular complexity index is 485. The summed E-state index contributed by atoms with van der Waals surface area (Å²) < 4.78 is 0. The molecule has 1 spiro atoms. The van der Waals surface area contributed by atoms with Crippen LogP contribution in [0.4, 0.5) is 0 Å². The molecule has 2 nitrogen and oxygen atoms in total. The first-order valence-corrected chi connectivity index (χ1v) is 8.16. The Labute approximate surface area is 134 Å². The first-order valence-electron chi connectivity index (χ1n) is 7.02. The number of aliphatic hydroxyl groups is 1. The fraction of sp³-hybridized carbons (Fsp3) is 0.600. The second kappa shape index (κ2) is 5.66. The fourth-order valence-corrected chi connectivity index (χ4v) is 4.36. The highest BCUT2D eigenvalue weighted by molar-refractivity contribution is 6.39. The first kappa shape index (κ1) is 14.9. The Balaban J connectivity index is 1.50. The molecule has 2 saturated carbocycles. The third-order valence-electron chi connectivity index (χ3n) is 4.55. The molecular formula is C15H18Cl3NO. The van der Waals surface area contributed by atoms with Crippen LogP contribution in [0, 0.1) is 11.3 Å². The Kier molecular flexibility index (Phi) is 4.22. The maximum Gasteiger partial charge on any atom is 0.0943 e. The zero-order valence-electron chi connectivity index (χ0n) is 11.1. The van der Waals surface area contributed by atoms with Crippen LogP contribution in [-0.2, 0) is 0 Å². The summed E-state index contributed by atoms with van der Waals surface area (Å²) in [5.41, 5.74) is 1.28. The minimum atomic E-state index is -0.706. The maximum atomic E-state index is 10.2. The number of rotatable bonds is 5. The minimum absolute atomic E-state index is 0.414. The third kappa shape index (κ3) is 3.10. The van der Waals surface area contributed by atoms with E-state index in [1.807, 2.05) is 0 Å². The van der Waals surface area contributed by atoms with Gasteiger partial charge >= 0.3 is 0 Å². The van der Waals surface area contributed by atoms with Crippen molar-refractivity contribution in [1.82, 2.24) is 5.32 Å². The summed E-state index contributed by atoms with van der Waals surface area (Å²) in [5, 5.41) is 14.8. The average Bonchev–Trinajstić information content (AvgIpc) is 3.07. The van der Waals surface area contributed by atoms with Crippen molar-refractivity contribution in [3.05, 3.63) is 32.8 Å². The van der Waals surface area contributed by atoms with Crippen LogP contribution in [0.5, 0.6) is 0 Å². The second-order valence-corrected chi connectivity index (χ2v) is 7.48. The van der Waals surface area contributed by atoms with Gasteiger partial charge in [-0.3, -0.25) is 0 Å². The lowest BCUT2D eigenvalue weighted by atomic mass is 9.72. The Morgan fingerprint density at radius 1 is 1.20 bits per heavy atom. The molecule has 0 saturated heterocycles. The number of hydrogen-bond donors (Lipinski definition) is 2. The van der Waals surface area contributed by atoms with Crippen LogP contribution in [-0.4, -0.2) is 18.2 Å². The molecule has 2 N–H and O–H groups in total. The van der Waals surface area contributed by atoms with Crippen molar-refractivity contribution >= 4 is 34.8 Å². The van der Waals surface area contributed by atoms with E-state index in [-0.39, 0.29) is 0 Å². The molecule has 0 heterocycles. The van der Waals surface area contributed by atoms with Gasteiger partial charge in [0.25, 0.3) is 0 Å². The van der Waals surface area contributed by atoms with E-state index in [1.165, 1.54) is 25.7 Å². The molecule has 0 radical (unpaired) electrons. The normalized spacial score (nSPS) is 21.8. The van der Waals surface area contributed by atoms with Crippen LogP contribution >= 0.6 is 34.8 Å². The highest BCUT2D eigenvalue weighted by Gasteiger charge is 2.52. The monoisotopic (exact) mass is 333 g/mol. The summed E-state index contributed by atoms with van der Waals surface area (Å²) >= 11 is 18.1. The van der Waals surface area contributed by atoms with Crippen LogP contribution < -0.4 is 5.32 Å². The van der Waals surface area contributed by atoms with E-state index in [1.54, 1.807) is 12.1 Å². The van der Waals surface area contributed by atoms with Crippen LogP contribution in [0.1, 0.15) is 37.4 Å². The van der Waals surface area contributed by atoms with E-state index < -0.39 is 6.10 Å². The summed E-state index contributed by atoms with van der Waals surface area (Å²) in [4.78, 5) is 0. The molecule has 0 aromatic heterocycles. The summed E-state index contributed by atoms with van der Waals surface area (Å²) in [5.74, 6) is 0.765. The number of hydrogen-bond acceptors (Lipinski definition) is 2. The second-order valence-electron chi connectivity index (χ2n) is 6.23. The maximum absolute atomic E-state index is 10.2. The lowest BCUT2D eigenvalue weighted by Crippen LogP contribution is -2.35. The molecule has 1 aromatic carbocycles. The van der Waals surface area contributed by atoms with E-state index in [2.05, 4.69) is 5.32 Å². The topological polar surface area (TPSA) is 32.3 Å². The third-order valence-corrected chi connectivity index (χ3v) is 5.39. The smallest absolute Gasteiger partial charge is 0.0943 e. The number of nitrogens with one attached hydrogen (secondary N) is 1. The van der Waals surface area contributed by atoms with Gasteiger partial charge in [0.15, 0.2) is 0 Å². The van der Waals surface area contributed by atoms with Gasteiger partial charge in [-0.15, -0.1) is 0 Å². The van der Waals surface area contributed by atoms with E-state index in [9.17, 15) is 5.11 Å². The molecule has 0 amide bonds. The standard InChI is InChI=1S/C15H18Cl3NO/c16-10-3-11(17)14(12(18)4-10)13(20)8-19-7-9-5-15(6-9)1-2-15/h3-4,9,13,19-20H,1-2,5-8H2. The molecule has 0 bridgehead atoms. The minimum Gasteiger partial charge on any atom is -0.387 e. The Morgan fingerprint density at radius 2 is 1.80 bits per heavy atom. The largest absolute Gasteiger partial charge is 0.387 e. The van der Waals surface area contributed by atoms with Crippen molar-refractivity contribution in [3.63, 3.8) is 0 Å². The number of halogens is 3. The quantitative estimate of drug-likeness (QED) is 0.833. The molecule has 0 aliphatic heterocycles. The van der Waals surface area contributed by atoms with E-state index in [0.29, 0.717) is 27.2 Å².